The Morgan fingerprint density at radius 2 is 1.60 bits per heavy atom. The summed E-state index contributed by atoms with van der Waals surface area (Å²) in [7, 11) is 0. The maximum atomic E-state index is 14.8. The quantitative estimate of drug-likeness (QED) is 0.223. The van der Waals surface area contributed by atoms with Crippen LogP contribution in [0.1, 0.15) is 55.9 Å². The van der Waals surface area contributed by atoms with Crippen molar-refractivity contribution in [2.75, 3.05) is 6.61 Å². The minimum atomic E-state index is -1.35. The smallest absolute Gasteiger partial charge is 0.431 e. The number of amides is 2. The monoisotopic (exact) mass is 550 g/mol. The first-order valence-electron chi connectivity index (χ1n) is 12.9. The molecule has 0 bridgehead atoms. The highest BCUT2D eigenvalue weighted by Gasteiger charge is 2.32. The molecule has 7 nitrogen and oxygen atoms in total. The molecular formula is C31H32F2N2O5. The van der Waals surface area contributed by atoms with E-state index in [0.29, 0.717) is 0 Å². The zero-order valence-electron chi connectivity index (χ0n) is 22.6. The second kappa shape index (κ2) is 12.3. The molecule has 2 unspecified atom stereocenters. The molecule has 4 rings (SSSR count). The van der Waals surface area contributed by atoms with E-state index in [0.717, 1.165) is 40.5 Å². The number of hydrogen-bond donors (Lipinski definition) is 2. The average molecular weight is 551 g/mol. The molecule has 210 valence electrons. The topological polar surface area (TPSA) is 85.9 Å². The lowest BCUT2D eigenvalue weighted by Gasteiger charge is -2.29. The fourth-order valence-electron chi connectivity index (χ4n) is 4.73. The number of nitrogens with one attached hydrogen (secondary N) is 2. The molecule has 3 aromatic rings. The van der Waals surface area contributed by atoms with E-state index in [1.807, 2.05) is 48.5 Å². The van der Waals surface area contributed by atoms with Crippen LogP contribution in [0.15, 0.2) is 79.4 Å². The van der Waals surface area contributed by atoms with Crippen LogP contribution in [0.4, 0.5) is 18.4 Å². The van der Waals surface area contributed by atoms with Crippen molar-refractivity contribution in [1.82, 2.24) is 10.8 Å². The third-order valence-electron chi connectivity index (χ3n) is 6.37. The largest absolute Gasteiger partial charge is 0.447 e. The van der Waals surface area contributed by atoms with Gasteiger partial charge in [0, 0.05) is 11.5 Å². The Kier molecular flexibility index (Phi) is 8.84. The van der Waals surface area contributed by atoms with Crippen LogP contribution in [0.5, 0.6) is 0 Å². The Morgan fingerprint density at radius 3 is 2.20 bits per heavy atom. The van der Waals surface area contributed by atoms with Crippen LogP contribution >= 0.6 is 0 Å². The van der Waals surface area contributed by atoms with E-state index >= 15 is 0 Å². The van der Waals surface area contributed by atoms with E-state index < -0.39 is 41.6 Å². The molecule has 0 saturated heterocycles. The first-order chi connectivity index (χ1) is 19.1. The highest BCUT2D eigenvalue weighted by atomic mass is 19.1. The summed E-state index contributed by atoms with van der Waals surface area (Å²) in [6.45, 7) is 8.76. The third kappa shape index (κ3) is 6.84. The molecule has 2 N–H and O–H groups in total. The molecule has 1 aliphatic carbocycles. The molecule has 3 aromatic carbocycles. The number of rotatable bonds is 9. The van der Waals surface area contributed by atoms with Gasteiger partial charge in [-0.05, 0) is 67.6 Å². The minimum Gasteiger partial charge on any atom is -0.447 e. The van der Waals surface area contributed by atoms with Crippen molar-refractivity contribution in [2.45, 2.75) is 50.9 Å². The zero-order chi connectivity index (χ0) is 28.9. The lowest BCUT2D eigenvalue weighted by molar-refractivity contribution is -0.0450. The van der Waals surface area contributed by atoms with Gasteiger partial charge >= 0.3 is 12.2 Å². The number of hydroxylamine groups is 1. The SMILES string of the molecule is C=CCC(NC(=O)OC(C)(C)C)C(ONC(=O)OCC1c2ccccc2-c2ccccc21)c1cc(F)ccc1F. The molecule has 0 saturated carbocycles. The number of fused-ring (bicyclic) bond motifs is 3. The zero-order valence-corrected chi connectivity index (χ0v) is 22.6. The maximum Gasteiger partial charge on any atom is 0.431 e. The lowest BCUT2D eigenvalue weighted by atomic mass is 9.98. The van der Waals surface area contributed by atoms with Crippen molar-refractivity contribution >= 4 is 12.2 Å². The number of carbonyl (C=O) groups excluding carboxylic acids is 2. The molecule has 2 atom stereocenters. The molecule has 9 heteroatoms. The fraction of sp³-hybridized carbons (Fsp3) is 0.290. The highest BCUT2D eigenvalue weighted by Crippen LogP contribution is 2.44. The molecule has 40 heavy (non-hydrogen) atoms. The van der Waals surface area contributed by atoms with Crippen molar-refractivity contribution in [3.8, 4) is 11.1 Å². The van der Waals surface area contributed by atoms with Crippen LogP contribution in [0.3, 0.4) is 0 Å². The summed E-state index contributed by atoms with van der Waals surface area (Å²) in [4.78, 5) is 30.8. The van der Waals surface area contributed by atoms with E-state index in [1.165, 1.54) is 6.08 Å². The van der Waals surface area contributed by atoms with Gasteiger partial charge in [0.2, 0.25) is 0 Å². The Balaban J connectivity index is 1.49. The number of alkyl carbamates (subject to hydrolysis) is 1. The van der Waals surface area contributed by atoms with Crippen LogP contribution < -0.4 is 10.8 Å². The summed E-state index contributed by atoms with van der Waals surface area (Å²) in [5.41, 5.74) is 5.37. The van der Waals surface area contributed by atoms with E-state index in [-0.39, 0.29) is 24.5 Å². The van der Waals surface area contributed by atoms with Gasteiger partial charge in [-0.15, -0.1) is 6.58 Å². The summed E-state index contributed by atoms with van der Waals surface area (Å²) < 4.78 is 39.7. The summed E-state index contributed by atoms with van der Waals surface area (Å²) in [5, 5.41) is 2.60. The van der Waals surface area contributed by atoms with Crippen LogP contribution in [-0.2, 0) is 14.3 Å². The van der Waals surface area contributed by atoms with Gasteiger partial charge < -0.3 is 14.8 Å². The molecule has 0 radical (unpaired) electrons. The van der Waals surface area contributed by atoms with Gasteiger partial charge in [-0.3, -0.25) is 4.84 Å². The van der Waals surface area contributed by atoms with E-state index in [2.05, 4.69) is 17.4 Å². The molecule has 0 spiro atoms. The number of carbonyl (C=O) groups is 2. The lowest BCUT2D eigenvalue weighted by Crippen LogP contribution is -2.44. The number of halogens is 2. The number of hydrogen-bond acceptors (Lipinski definition) is 5. The van der Waals surface area contributed by atoms with Crippen LogP contribution in [0.25, 0.3) is 11.1 Å². The van der Waals surface area contributed by atoms with E-state index in [1.54, 1.807) is 20.8 Å². The average Bonchev–Trinajstić information content (AvgIpc) is 3.22. The first-order valence-corrected chi connectivity index (χ1v) is 12.9. The van der Waals surface area contributed by atoms with Crippen LogP contribution in [0.2, 0.25) is 0 Å². The Bertz CT molecular complexity index is 1340. The predicted octanol–water partition coefficient (Wildman–Crippen LogP) is 6.95. The highest BCUT2D eigenvalue weighted by molar-refractivity contribution is 5.79. The van der Waals surface area contributed by atoms with Gasteiger partial charge in [0.15, 0.2) is 0 Å². The molecule has 1 aliphatic rings. The summed E-state index contributed by atoms with van der Waals surface area (Å²) in [5.74, 6) is -1.70. The normalized spacial score (nSPS) is 13.9. The molecule has 0 fully saturated rings. The second-order valence-corrected chi connectivity index (χ2v) is 10.4. The third-order valence-corrected chi connectivity index (χ3v) is 6.37. The van der Waals surface area contributed by atoms with Gasteiger partial charge in [0.25, 0.3) is 0 Å². The van der Waals surface area contributed by atoms with Crippen LogP contribution in [-0.4, -0.2) is 30.4 Å². The van der Waals surface area contributed by atoms with E-state index in [9.17, 15) is 18.4 Å². The van der Waals surface area contributed by atoms with Crippen molar-refractivity contribution in [1.29, 1.82) is 0 Å². The van der Waals surface area contributed by atoms with Gasteiger partial charge in [-0.2, -0.15) is 5.48 Å². The summed E-state index contributed by atoms with van der Waals surface area (Å²) in [6, 6.07) is 17.6. The minimum absolute atomic E-state index is 0.0223. The Hall–Kier alpha value is -4.24. The van der Waals surface area contributed by atoms with Gasteiger partial charge in [-0.1, -0.05) is 54.6 Å². The van der Waals surface area contributed by atoms with Gasteiger partial charge in [0.1, 0.15) is 29.9 Å². The summed E-state index contributed by atoms with van der Waals surface area (Å²) >= 11 is 0. The van der Waals surface area contributed by atoms with Crippen LogP contribution in [0, 0.1) is 11.6 Å². The Morgan fingerprint density at radius 1 is 0.975 bits per heavy atom. The van der Waals surface area contributed by atoms with Crippen molar-refractivity contribution < 1.29 is 32.7 Å². The van der Waals surface area contributed by atoms with Gasteiger partial charge in [-0.25, -0.2) is 18.4 Å². The predicted molar refractivity (Wildman–Crippen MR) is 146 cm³/mol. The summed E-state index contributed by atoms with van der Waals surface area (Å²) in [6.07, 6.45) is -1.51. The molecule has 0 heterocycles. The molecular weight excluding hydrogens is 518 g/mol. The standard InChI is InChI=1S/C31H32F2N2O5/c1-5-10-27(34-29(36)39-31(2,3)4)28(24-17-19(32)15-16-26(24)33)40-35-30(37)38-18-25-22-13-8-6-11-20(22)21-12-7-9-14-23(21)25/h5-9,11-17,25,27-28H,1,10,18H2,2-4H3,(H,34,36)(H,35,37). The van der Waals surface area contributed by atoms with Gasteiger partial charge in [0.05, 0.1) is 6.04 Å². The first kappa shape index (κ1) is 28.8. The second-order valence-electron chi connectivity index (χ2n) is 10.4. The molecule has 2 amide bonds. The Labute approximate surface area is 232 Å². The molecule has 0 aromatic heterocycles. The maximum absolute atomic E-state index is 14.8. The fourth-order valence-corrected chi connectivity index (χ4v) is 4.73. The van der Waals surface area contributed by atoms with Crippen molar-refractivity contribution in [3.05, 3.63) is 108 Å². The van der Waals surface area contributed by atoms with E-state index in [4.69, 9.17) is 14.3 Å². The molecule has 0 aliphatic heterocycles. The van der Waals surface area contributed by atoms with Crippen molar-refractivity contribution in [3.63, 3.8) is 0 Å². The van der Waals surface area contributed by atoms with Crippen molar-refractivity contribution in [2.24, 2.45) is 0 Å². The number of benzene rings is 3. The number of ether oxygens (including phenoxy) is 2.